The van der Waals surface area contributed by atoms with Crippen LogP contribution in [0.15, 0.2) is 36.2 Å². The van der Waals surface area contributed by atoms with Crippen LogP contribution in [0.4, 0.5) is 4.39 Å². The molecular weight excluding hydrogens is 163 g/mol. The van der Waals surface area contributed by atoms with Gasteiger partial charge >= 0.3 is 0 Å². The zero-order valence-electron chi connectivity index (χ0n) is 5.93. The Kier molecular flexibility index (Phi) is 3.12. The molecule has 0 amide bonds. The SMILES string of the molecule is F/C(=C\c1ccccc1)CCl. The highest BCUT2D eigenvalue weighted by molar-refractivity contribution is 6.19. The predicted molar refractivity (Wildman–Crippen MR) is 46.2 cm³/mol. The summed E-state index contributed by atoms with van der Waals surface area (Å²) in [5.74, 6) is -0.368. The molecule has 0 fully saturated rings. The minimum Gasteiger partial charge on any atom is -0.210 e. The minimum absolute atomic E-state index is 0.0606. The zero-order valence-corrected chi connectivity index (χ0v) is 6.68. The number of hydrogen-bond acceptors (Lipinski definition) is 0. The molecule has 11 heavy (non-hydrogen) atoms. The smallest absolute Gasteiger partial charge is 0.115 e. The van der Waals surface area contributed by atoms with Gasteiger partial charge in [-0.2, -0.15) is 0 Å². The largest absolute Gasteiger partial charge is 0.210 e. The molecule has 58 valence electrons. The van der Waals surface area contributed by atoms with E-state index in [0.29, 0.717) is 0 Å². The first-order valence-electron chi connectivity index (χ1n) is 3.30. The Morgan fingerprint density at radius 3 is 2.55 bits per heavy atom. The Hall–Kier alpha value is -0.820. The normalized spacial score (nSPS) is 11.6. The summed E-state index contributed by atoms with van der Waals surface area (Å²) in [6, 6.07) is 9.24. The number of rotatable bonds is 2. The molecule has 0 radical (unpaired) electrons. The highest BCUT2D eigenvalue weighted by atomic mass is 35.5. The van der Waals surface area contributed by atoms with E-state index in [2.05, 4.69) is 0 Å². The lowest BCUT2D eigenvalue weighted by Crippen LogP contribution is -1.75. The minimum atomic E-state index is -0.308. The van der Waals surface area contributed by atoms with Crippen LogP contribution < -0.4 is 0 Å². The van der Waals surface area contributed by atoms with Crippen molar-refractivity contribution in [2.24, 2.45) is 0 Å². The first-order chi connectivity index (χ1) is 5.33. The molecule has 0 saturated heterocycles. The lowest BCUT2D eigenvalue weighted by molar-refractivity contribution is 0.651. The van der Waals surface area contributed by atoms with Crippen molar-refractivity contribution in [3.8, 4) is 0 Å². The molecule has 0 atom stereocenters. The molecule has 0 saturated carbocycles. The van der Waals surface area contributed by atoms with Gasteiger partial charge < -0.3 is 0 Å². The molecule has 1 aromatic rings. The summed E-state index contributed by atoms with van der Waals surface area (Å²) in [5, 5.41) is 0. The molecule has 0 aliphatic heterocycles. The van der Waals surface area contributed by atoms with Crippen molar-refractivity contribution in [2.45, 2.75) is 0 Å². The Morgan fingerprint density at radius 2 is 2.00 bits per heavy atom. The molecule has 0 bridgehead atoms. The second kappa shape index (κ2) is 4.14. The van der Waals surface area contributed by atoms with Crippen LogP contribution in [0.1, 0.15) is 5.56 Å². The van der Waals surface area contributed by atoms with Crippen molar-refractivity contribution < 1.29 is 4.39 Å². The second-order valence-corrected chi connectivity index (χ2v) is 2.40. The van der Waals surface area contributed by atoms with Crippen LogP contribution >= 0.6 is 11.6 Å². The monoisotopic (exact) mass is 170 g/mol. The van der Waals surface area contributed by atoms with Crippen LogP contribution in [0, 0.1) is 0 Å². The lowest BCUT2D eigenvalue weighted by atomic mass is 10.2. The fraction of sp³-hybridized carbons (Fsp3) is 0.111. The summed E-state index contributed by atoms with van der Waals surface area (Å²) in [5.41, 5.74) is 0.839. The summed E-state index contributed by atoms with van der Waals surface area (Å²) < 4.78 is 12.5. The van der Waals surface area contributed by atoms with Gasteiger partial charge in [0.25, 0.3) is 0 Å². The van der Waals surface area contributed by atoms with Crippen molar-refractivity contribution in [3.05, 3.63) is 41.7 Å². The molecule has 0 aliphatic rings. The molecule has 0 aliphatic carbocycles. The molecule has 0 spiro atoms. The van der Waals surface area contributed by atoms with Crippen LogP contribution in [0.2, 0.25) is 0 Å². The summed E-state index contributed by atoms with van der Waals surface area (Å²) in [6.07, 6.45) is 1.42. The number of allylic oxidation sites excluding steroid dienone is 1. The average Bonchev–Trinajstić information content (AvgIpc) is 2.06. The van der Waals surface area contributed by atoms with Crippen LogP contribution in [0.25, 0.3) is 6.08 Å². The van der Waals surface area contributed by atoms with Crippen molar-refractivity contribution in [2.75, 3.05) is 5.88 Å². The quantitative estimate of drug-likeness (QED) is 0.598. The van der Waals surface area contributed by atoms with Crippen LogP contribution in [-0.4, -0.2) is 5.88 Å². The molecule has 0 N–H and O–H groups in total. The van der Waals surface area contributed by atoms with Gasteiger partial charge in [0.1, 0.15) is 5.83 Å². The number of halogens is 2. The topological polar surface area (TPSA) is 0 Å². The molecule has 0 unspecified atom stereocenters. The van der Waals surface area contributed by atoms with Crippen molar-refractivity contribution >= 4 is 17.7 Å². The maximum Gasteiger partial charge on any atom is 0.115 e. The standard InChI is InChI=1S/C9H8ClF/c10-7-9(11)6-8-4-2-1-3-5-8/h1-6H,7H2/b9-6-. The first kappa shape index (κ1) is 8.28. The summed E-state index contributed by atoms with van der Waals surface area (Å²) in [6.45, 7) is 0. The van der Waals surface area contributed by atoms with E-state index in [1.54, 1.807) is 0 Å². The van der Waals surface area contributed by atoms with Gasteiger partial charge in [0.15, 0.2) is 0 Å². The van der Waals surface area contributed by atoms with Gasteiger partial charge in [-0.25, -0.2) is 4.39 Å². The Bertz CT molecular complexity index is 241. The van der Waals surface area contributed by atoms with E-state index < -0.39 is 0 Å². The van der Waals surface area contributed by atoms with E-state index in [4.69, 9.17) is 11.6 Å². The lowest BCUT2D eigenvalue weighted by Gasteiger charge is -1.91. The van der Waals surface area contributed by atoms with Crippen molar-refractivity contribution in [1.29, 1.82) is 0 Å². The molecule has 0 nitrogen and oxygen atoms in total. The maximum absolute atomic E-state index is 12.5. The van der Waals surface area contributed by atoms with E-state index in [1.165, 1.54) is 6.08 Å². The van der Waals surface area contributed by atoms with Gasteiger partial charge in [0, 0.05) is 0 Å². The van der Waals surface area contributed by atoms with Crippen LogP contribution in [0.3, 0.4) is 0 Å². The van der Waals surface area contributed by atoms with E-state index in [1.807, 2.05) is 30.3 Å². The fourth-order valence-electron chi connectivity index (χ4n) is 0.769. The second-order valence-electron chi connectivity index (χ2n) is 2.14. The first-order valence-corrected chi connectivity index (χ1v) is 3.83. The molecule has 1 aromatic carbocycles. The molecule has 1 rings (SSSR count). The van der Waals surface area contributed by atoms with E-state index >= 15 is 0 Å². The Morgan fingerprint density at radius 1 is 1.36 bits per heavy atom. The third-order valence-corrected chi connectivity index (χ3v) is 1.51. The van der Waals surface area contributed by atoms with Crippen LogP contribution in [0.5, 0.6) is 0 Å². The third-order valence-electron chi connectivity index (χ3n) is 1.25. The van der Waals surface area contributed by atoms with Gasteiger partial charge in [-0.1, -0.05) is 30.3 Å². The number of alkyl halides is 1. The van der Waals surface area contributed by atoms with Gasteiger partial charge in [-0.15, -0.1) is 11.6 Å². The average molecular weight is 171 g/mol. The van der Waals surface area contributed by atoms with E-state index in [-0.39, 0.29) is 11.7 Å². The Labute approximate surface area is 70.3 Å². The maximum atomic E-state index is 12.5. The highest BCUT2D eigenvalue weighted by Gasteiger charge is 1.90. The van der Waals surface area contributed by atoms with Crippen molar-refractivity contribution in [1.82, 2.24) is 0 Å². The third kappa shape index (κ3) is 2.72. The predicted octanol–water partition coefficient (Wildman–Crippen LogP) is 3.24. The fourth-order valence-corrected chi connectivity index (χ4v) is 0.846. The van der Waals surface area contributed by atoms with Gasteiger partial charge in [-0.3, -0.25) is 0 Å². The summed E-state index contributed by atoms with van der Waals surface area (Å²) >= 11 is 5.26. The number of hydrogen-bond donors (Lipinski definition) is 0. The van der Waals surface area contributed by atoms with E-state index in [0.717, 1.165) is 5.56 Å². The Balaban J connectivity index is 2.79. The van der Waals surface area contributed by atoms with E-state index in [9.17, 15) is 4.39 Å². The van der Waals surface area contributed by atoms with Crippen LogP contribution in [-0.2, 0) is 0 Å². The molecular formula is C9H8ClF. The summed E-state index contributed by atoms with van der Waals surface area (Å²) in [4.78, 5) is 0. The molecule has 2 heteroatoms. The zero-order chi connectivity index (χ0) is 8.10. The highest BCUT2D eigenvalue weighted by Crippen LogP contribution is 2.08. The van der Waals surface area contributed by atoms with Gasteiger partial charge in [0.05, 0.1) is 5.88 Å². The molecule has 0 aromatic heterocycles. The van der Waals surface area contributed by atoms with Crippen molar-refractivity contribution in [3.63, 3.8) is 0 Å². The summed E-state index contributed by atoms with van der Waals surface area (Å²) in [7, 11) is 0. The number of benzene rings is 1. The van der Waals surface area contributed by atoms with Gasteiger partial charge in [0.2, 0.25) is 0 Å². The van der Waals surface area contributed by atoms with Gasteiger partial charge in [-0.05, 0) is 11.6 Å². The molecule has 0 heterocycles.